The second kappa shape index (κ2) is 9.36. The Labute approximate surface area is 161 Å². The van der Waals surface area contributed by atoms with Crippen LogP contribution in [0, 0.1) is 0 Å². The first-order valence-corrected chi connectivity index (χ1v) is 8.61. The molecule has 0 atom stereocenters. The van der Waals surface area contributed by atoms with Crippen LogP contribution in [0.1, 0.15) is 33.2 Å². The smallest absolute Gasteiger partial charge is 0.338 e. The molecule has 0 fully saturated rings. The van der Waals surface area contributed by atoms with E-state index in [9.17, 15) is 14.4 Å². The number of rotatable bonds is 7. The monoisotopic (exact) mass is 393 g/mol. The number of Topliss-reactive ketones (excluding diaryl/α,β-unsaturated/α-hetero) is 1. The molecule has 0 spiro atoms. The fraction of sp³-hybridized carbons (Fsp3) is 0.211. The molecule has 0 aliphatic heterocycles. The van der Waals surface area contributed by atoms with Crippen molar-refractivity contribution in [1.29, 1.82) is 0 Å². The lowest BCUT2D eigenvalue weighted by molar-refractivity contribution is -0.118. The van der Waals surface area contributed by atoms with Gasteiger partial charge in [0.1, 0.15) is 0 Å². The highest BCUT2D eigenvalue weighted by molar-refractivity contribution is 6.42. The number of benzene rings is 2. The lowest BCUT2D eigenvalue weighted by Gasteiger charge is -2.07. The third kappa shape index (κ3) is 5.86. The minimum atomic E-state index is -0.649. The number of esters is 1. The van der Waals surface area contributed by atoms with Crippen LogP contribution in [0.4, 0.5) is 0 Å². The predicted octanol–water partition coefficient (Wildman–Crippen LogP) is 3.71. The van der Waals surface area contributed by atoms with E-state index in [1.165, 1.54) is 25.1 Å². The van der Waals surface area contributed by atoms with E-state index in [0.717, 1.165) is 5.56 Å². The molecule has 2 aromatic rings. The molecular weight excluding hydrogens is 377 g/mol. The molecule has 5 nitrogen and oxygen atoms in total. The zero-order chi connectivity index (χ0) is 19.1. The molecule has 26 heavy (non-hydrogen) atoms. The number of carbonyl (C=O) groups is 3. The van der Waals surface area contributed by atoms with Gasteiger partial charge in [0.15, 0.2) is 12.4 Å². The van der Waals surface area contributed by atoms with E-state index in [0.29, 0.717) is 23.6 Å². The van der Waals surface area contributed by atoms with Gasteiger partial charge in [-0.05, 0) is 30.2 Å². The van der Waals surface area contributed by atoms with E-state index < -0.39 is 5.97 Å². The Bertz CT molecular complexity index is 819. The van der Waals surface area contributed by atoms with Crippen LogP contribution in [0.5, 0.6) is 0 Å². The third-order valence-electron chi connectivity index (χ3n) is 3.55. The first-order valence-electron chi connectivity index (χ1n) is 7.85. The summed E-state index contributed by atoms with van der Waals surface area (Å²) in [7, 11) is 0. The maximum absolute atomic E-state index is 12.1. The Morgan fingerprint density at radius 3 is 2.23 bits per heavy atom. The topological polar surface area (TPSA) is 72.5 Å². The van der Waals surface area contributed by atoms with Crippen LogP contribution in [0.2, 0.25) is 10.0 Å². The van der Waals surface area contributed by atoms with E-state index >= 15 is 0 Å². The van der Waals surface area contributed by atoms with Gasteiger partial charge in [0.25, 0.3) is 0 Å². The molecule has 0 aliphatic carbocycles. The molecule has 2 rings (SSSR count). The van der Waals surface area contributed by atoms with Crippen LogP contribution in [0.15, 0.2) is 42.5 Å². The summed E-state index contributed by atoms with van der Waals surface area (Å²) in [6.07, 6.45) is 0.667. The van der Waals surface area contributed by atoms with Gasteiger partial charge in [-0.15, -0.1) is 0 Å². The Morgan fingerprint density at radius 1 is 0.962 bits per heavy atom. The summed E-state index contributed by atoms with van der Waals surface area (Å²) in [4.78, 5) is 34.9. The van der Waals surface area contributed by atoms with Gasteiger partial charge >= 0.3 is 5.97 Å². The van der Waals surface area contributed by atoms with E-state index in [-0.39, 0.29) is 28.9 Å². The van der Waals surface area contributed by atoms with E-state index in [1.54, 1.807) is 24.3 Å². The van der Waals surface area contributed by atoms with Gasteiger partial charge in [-0.25, -0.2) is 4.79 Å². The SMILES string of the molecule is CC(=O)NCCc1ccc(C(=O)COC(=O)c2ccc(Cl)c(Cl)c2)cc1. The molecule has 0 saturated heterocycles. The Morgan fingerprint density at radius 2 is 1.62 bits per heavy atom. The second-order valence-corrected chi connectivity index (χ2v) is 6.37. The van der Waals surface area contributed by atoms with Crippen LogP contribution >= 0.6 is 23.2 Å². The highest BCUT2D eigenvalue weighted by atomic mass is 35.5. The minimum absolute atomic E-state index is 0.0828. The first kappa shape index (κ1) is 19.9. The van der Waals surface area contributed by atoms with E-state index in [4.69, 9.17) is 27.9 Å². The lowest BCUT2D eigenvalue weighted by atomic mass is 10.1. The number of hydrogen-bond acceptors (Lipinski definition) is 4. The maximum Gasteiger partial charge on any atom is 0.338 e. The molecule has 0 aromatic heterocycles. The fourth-order valence-corrected chi connectivity index (χ4v) is 2.46. The predicted molar refractivity (Wildman–Crippen MR) is 99.9 cm³/mol. The van der Waals surface area contributed by atoms with Gasteiger partial charge in [-0.3, -0.25) is 9.59 Å². The van der Waals surface area contributed by atoms with Gasteiger partial charge in [0.05, 0.1) is 15.6 Å². The van der Waals surface area contributed by atoms with Crippen molar-refractivity contribution in [3.63, 3.8) is 0 Å². The third-order valence-corrected chi connectivity index (χ3v) is 4.29. The van der Waals surface area contributed by atoms with E-state index in [1.807, 2.05) is 0 Å². The van der Waals surface area contributed by atoms with Gasteiger partial charge in [-0.1, -0.05) is 47.5 Å². The summed E-state index contributed by atoms with van der Waals surface area (Å²) in [5, 5.41) is 3.28. The fourth-order valence-electron chi connectivity index (χ4n) is 2.16. The lowest BCUT2D eigenvalue weighted by Crippen LogP contribution is -2.22. The van der Waals surface area contributed by atoms with Gasteiger partial charge in [-0.2, -0.15) is 0 Å². The van der Waals surface area contributed by atoms with Crippen molar-refractivity contribution >= 4 is 40.9 Å². The van der Waals surface area contributed by atoms with Crippen molar-refractivity contribution in [2.24, 2.45) is 0 Å². The van der Waals surface area contributed by atoms with Gasteiger partial charge < -0.3 is 10.1 Å². The number of carbonyl (C=O) groups excluding carboxylic acids is 3. The number of amides is 1. The number of hydrogen-bond donors (Lipinski definition) is 1. The first-order chi connectivity index (χ1) is 12.4. The average Bonchev–Trinajstić information content (AvgIpc) is 2.62. The van der Waals surface area contributed by atoms with Crippen LogP contribution in [-0.4, -0.2) is 30.8 Å². The minimum Gasteiger partial charge on any atom is -0.454 e. The van der Waals surface area contributed by atoms with Gasteiger partial charge in [0.2, 0.25) is 5.91 Å². The molecule has 1 amide bonds. The van der Waals surface area contributed by atoms with Crippen LogP contribution < -0.4 is 5.32 Å². The Balaban J connectivity index is 1.88. The molecule has 0 heterocycles. The zero-order valence-electron chi connectivity index (χ0n) is 14.1. The van der Waals surface area contributed by atoms with Crippen LogP contribution in [-0.2, 0) is 16.0 Å². The molecule has 1 N–H and O–H groups in total. The second-order valence-electron chi connectivity index (χ2n) is 5.56. The van der Waals surface area contributed by atoms with Crippen molar-refractivity contribution in [3.05, 3.63) is 69.2 Å². The quantitative estimate of drug-likeness (QED) is 0.574. The Kier molecular flexibility index (Phi) is 7.18. The standard InChI is InChI=1S/C19H17Cl2NO4/c1-12(23)22-9-8-13-2-4-14(5-3-13)18(24)11-26-19(25)15-6-7-16(20)17(21)10-15/h2-7,10H,8-9,11H2,1H3,(H,22,23). The van der Waals surface area contributed by atoms with Crippen molar-refractivity contribution < 1.29 is 19.1 Å². The molecule has 2 aromatic carbocycles. The van der Waals surface area contributed by atoms with Crippen molar-refractivity contribution in [3.8, 4) is 0 Å². The molecule has 0 saturated carbocycles. The summed E-state index contributed by atoms with van der Waals surface area (Å²) in [5.74, 6) is -1.05. The number of ketones is 1. The van der Waals surface area contributed by atoms with Gasteiger partial charge in [0, 0.05) is 19.0 Å². The van der Waals surface area contributed by atoms with Crippen molar-refractivity contribution in [2.45, 2.75) is 13.3 Å². The normalized spacial score (nSPS) is 10.3. The summed E-state index contributed by atoms with van der Waals surface area (Å²) in [5.41, 5.74) is 1.65. The van der Waals surface area contributed by atoms with Crippen LogP contribution in [0.3, 0.4) is 0 Å². The highest BCUT2D eigenvalue weighted by Crippen LogP contribution is 2.23. The van der Waals surface area contributed by atoms with E-state index in [2.05, 4.69) is 5.32 Å². The number of ether oxygens (including phenoxy) is 1. The summed E-state index contributed by atoms with van der Waals surface area (Å²) in [6, 6.07) is 11.3. The molecule has 0 aliphatic rings. The molecular formula is C19H17Cl2NO4. The number of nitrogens with one attached hydrogen (secondary N) is 1. The number of halogens is 2. The molecule has 0 unspecified atom stereocenters. The summed E-state index contributed by atoms with van der Waals surface area (Å²) in [6.45, 7) is 1.62. The largest absolute Gasteiger partial charge is 0.454 e. The Hall–Kier alpha value is -2.37. The van der Waals surface area contributed by atoms with Crippen LogP contribution in [0.25, 0.3) is 0 Å². The molecule has 0 radical (unpaired) electrons. The highest BCUT2D eigenvalue weighted by Gasteiger charge is 2.13. The summed E-state index contributed by atoms with van der Waals surface area (Å²) < 4.78 is 5.02. The molecule has 0 bridgehead atoms. The average molecular weight is 394 g/mol. The summed E-state index contributed by atoms with van der Waals surface area (Å²) >= 11 is 11.6. The molecule has 136 valence electrons. The van der Waals surface area contributed by atoms with Crippen molar-refractivity contribution in [2.75, 3.05) is 13.2 Å². The van der Waals surface area contributed by atoms with Crippen molar-refractivity contribution in [1.82, 2.24) is 5.32 Å². The maximum atomic E-state index is 12.1. The molecule has 7 heteroatoms. The zero-order valence-corrected chi connectivity index (χ0v) is 15.6.